The Morgan fingerprint density at radius 1 is 1.09 bits per heavy atom. The van der Waals surface area contributed by atoms with Crippen LogP contribution in [0.3, 0.4) is 0 Å². The molecule has 8 heteroatoms. The highest BCUT2D eigenvalue weighted by Crippen LogP contribution is 2.33. The monoisotopic (exact) mass is 469 g/mol. The minimum atomic E-state index is -0.464. The van der Waals surface area contributed by atoms with Gasteiger partial charge in [-0.3, -0.25) is 4.79 Å². The van der Waals surface area contributed by atoms with Gasteiger partial charge in [0, 0.05) is 30.6 Å². The summed E-state index contributed by atoms with van der Waals surface area (Å²) < 4.78 is 5.67. The van der Waals surface area contributed by atoms with E-state index in [0.717, 1.165) is 29.5 Å². The predicted octanol–water partition coefficient (Wildman–Crippen LogP) is 4.34. The van der Waals surface area contributed by atoms with Gasteiger partial charge in [0.1, 0.15) is 5.82 Å². The van der Waals surface area contributed by atoms with Gasteiger partial charge in [0.25, 0.3) is 11.8 Å². The zero-order valence-corrected chi connectivity index (χ0v) is 19.5. The first-order valence-electron chi connectivity index (χ1n) is 10.9. The molecule has 0 saturated carbocycles. The molecule has 0 spiro atoms. The van der Waals surface area contributed by atoms with Crippen molar-refractivity contribution in [2.24, 2.45) is 0 Å². The summed E-state index contributed by atoms with van der Waals surface area (Å²) >= 11 is 6.41. The Bertz CT molecular complexity index is 1110. The number of unbranched alkanes of at least 4 members (excludes halogenated alkanes) is 1. The van der Waals surface area contributed by atoms with Gasteiger partial charge in [-0.05, 0) is 23.6 Å². The first kappa shape index (κ1) is 24.5. The van der Waals surface area contributed by atoms with Gasteiger partial charge in [0.15, 0.2) is 5.69 Å². The third kappa shape index (κ3) is 6.00. The van der Waals surface area contributed by atoms with Crippen LogP contribution in [0.15, 0.2) is 48.5 Å². The summed E-state index contributed by atoms with van der Waals surface area (Å²) in [4.78, 5) is 23.0. The van der Waals surface area contributed by atoms with Crippen molar-refractivity contribution < 1.29 is 19.7 Å². The second-order valence-electron chi connectivity index (χ2n) is 7.61. The summed E-state index contributed by atoms with van der Waals surface area (Å²) in [6, 6.07) is 15.3. The van der Waals surface area contributed by atoms with Gasteiger partial charge < -0.3 is 19.8 Å². The van der Waals surface area contributed by atoms with E-state index in [0.29, 0.717) is 11.6 Å². The SMILES string of the molecule is CCCCOc1c(O)nc(Cc2ccccc2-c2ccccc2Cl)nc1C(=O)N(C)CCO. The van der Waals surface area contributed by atoms with Crippen LogP contribution >= 0.6 is 11.6 Å². The number of ether oxygens (including phenoxy) is 1. The zero-order valence-electron chi connectivity index (χ0n) is 18.8. The highest BCUT2D eigenvalue weighted by Gasteiger charge is 2.24. The van der Waals surface area contributed by atoms with Crippen molar-refractivity contribution in [3.05, 3.63) is 70.6 Å². The van der Waals surface area contributed by atoms with Crippen LogP contribution in [0.1, 0.15) is 41.6 Å². The molecule has 0 aliphatic rings. The molecule has 3 rings (SSSR count). The quantitative estimate of drug-likeness (QED) is 0.429. The van der Waals surface area contributed by atoms with Crippen molar-refractivity contribution in [3.8, 4) is 22.8 Å². The Morgan fingerprint density at radius 2 is 1.79 bits per heavy atom. The average molecular weight is 470 g/mol. The van der Waals surface area contributed by atoms with E-state index >= 15 is 0 Å². The number of likely N-dealkylation sites (N-methyl/N-ethyl adjacent to an activating group) is 1. The van der Waals surface area contributed by atoms with Gasteiger partial charge in [-0.2, -0.15) is 4.98 Å². The van der Waals surface area contributed by atoms with E-state index in [1.54, 1.807) is 7.05 Å². The minimum Gasteiger partial charge on any atom is -0.491 e. The summed E-state index contributed by atoms with van der Waals surface area (Å²) in [5.74, 6) is -0.613. The van der Waals surface area contributed by atoms with Gasteiger partial charge in [-0.1, -0.05) is 67.4 Å². The lowest BCUT2D eigenvalue weighted by Crippen LogP contribution is -2.31. The van der Waals surface area contributed by atoms with E-state index in [1.165, 1.54) is 4.90 Å². The number of halogens is 1. The van der Waals surface area contributed by atoms with Crippen LogP contribution in [0, 0.1) is 0 Å². The molecule has 0 atom stereocenters. The smallest absolute Gasteiger partial charge is 0.276 e. The lowest BCUT2D eigenvalue weighted by atomic mass is 9.97. The maximum Gasteiger partial charge on any atom is 0.276 e. The van der Waals surface area contributed by atoms with E-state index in [4.69, 9.17) is 16.3 Å². The molecule has 2 aromatic carbocycles. The molecule has 1 amide bonds. The summed E-state index contributed by atoms with van der Waals surface area (Å²) in [5.41, 5.74) is 2.66. The number of amides is 1. The fourth-order valence-corrected chi connectivity index (χ4v) is 3.62. The number of benzene rings is 2. The highest BCUT2D eigenvalue weighted by molar-refractivity contribution is 6.33. The van der Waals surface area contributed by atoms with Crippen molar-refractivity contribution in [2.75, 3.05) is 26.8 Å². The first-order chi connectivity index (χ1) is 16.0. The summed E-state index contributed by atoms with van der Waals surface area (Å²) in [5, 5.41) is 20.5. The Morgan fingerprint density at radius 3 is 2.48 bits per heavy atom. The number of rotatable bonds is 10. The molecule has 0 bridgehead atoms. The predicted molar refractivity (Wildman–Crippen MR) is 128 cm³/mol. The van der Waals surface area contributed by atoms with E-state index in [-0.39, 0.29) is 42.7 Å². The molecule has 3 aromatic rings. The molecule has 0 fully saturated rings. The molecule has 0 aliphatic heterocycles. The van der Waals surface area contributed by atoms with Gasteiger partial charge in [-0.25, -0.2) is 4.98 Å². The lowest BCUT2D eigenvalue weighted by Gasteiger charge is -2.18. The third-order valence-electron chi connectivity index (χ3n) is 5.15. The molecule has 174 valence electrons. The molecule has 0 radical (unpaired) electrons. The second-order valence-corrected chi connectivity index (χ2v) is 8.01. The second kappa shape index (κ2) is 11.6. The van der Waals surface area contributed by atoms with Crippen LogP contribution in [0.4, 0.5) is 0 Å². The van der Waals surface area contributed by atoms with Gasteiger partial charge in [-0.15, -0.1) is 0 Å². The normalized spacial score (nSPS) is 10.8. The lowest BCUT2D eigenvalue weighted by molar-refractivity contribution is 0.0754. The number of nitrogens with zero attached hydrogens (tertiary/aromatic N) is 3. The molecule has 1 aromatic heterocycles. The topological polar surface area (TPSA) is 95.8 Å². The molecule has 2 N–H and O–H groups in total. The molecule has 0 saturated heterocycles. The fraction of sp³-hybridized carbons (Fsp3) is 0.320. The van der Waals surface area contributed by atoms with Crippen molar-refractivity contribution >= 4 is 17.5 Å². The van der Waals surface area contributed by atoms with Gasteiger partial charge >= 0.3 is 0 Å². The van der Waals surface area contributed by atoms with Crippen molar-refractivity contribution in [2.45, 2.75) is 26.2 Å². The Hall–Kier alpha value is -3.16. The number of hydrogen-bond donors (Lipinski definition) is 2. The van der Waals surface area contributed by atoms with Crippen LogP contribution in [-0.2, 0) is 6.42 Å². The van der Waals surface area contributed by atoms with Crippen LogP contribution in [0.5, 0.6) is 11.6 Å². The zero-order chi connectivity index (χ0) is 23.8. The van der Waals surface area contributed by atoms with Crippen molar-refractivity contribution in [3.63, 3.8) is 0 Å². The van der Waals surface area contributed by atoms with Gasteiger partial charge in [0.05, 0.1) is 13.2 Å². The van der Waals surface area contributed by atoms with Crippen LogP contribution < -0.4 is 4.74 Å². The number of carbonyl (C=O) groups is 1. The number of carbonyl (C=O) groups excluding carboxylic acids is 1. The Labute approximate surface area is 198 Å². The van der Waals surface area contributed by atoms with E-state index < -0.39 is 5.91 Å². The van der Waals surface area contributed by atoms with Gasteiger partial charge in [0.2, 0.25) is 5.75 Å². The molecular weight excluding hydrogens is 442 g/mol. The van der Waals surface area contributed by atoms with Crippen molar-refractivity contribution in [1.29, 1.82) is 0 Å². The van der Waals surface area contributed by atoms with E-state index in [9.17, 15) is 15.0 Å². The molecule has 0 unspecified atom stereocenters. The minimum absolute atomic E-state index is 0.0280. The molecular formula is C25H28ClN3O4. The largest absolute Gasteiger partial charge is 0.491 e. The summed E-state index contributed by atoms with van der Waals surface area (Å²) in [6.45, 7) is 2.28. The van der Waals surface area contributed by atoms with Crippen molar-refractivity contribution in [1.82, 2.24) is 14.9 Å². The number of aliphatic hydroxyl groups is 1. The number of hydrogen-bond acceptors (Lipinski definition) is 6. The molecule has 7 nitrogen and oxygen atoms in total. The summed E-state index contributed by atoms with van der Waals surface area (Å²) in [6.07, 6.45) is 1.92. The maximum absolute atomic E-state index is 13.0. The maximum atomic E-state index is 13.0. The molecule has 33 heavy (non-hydrogen) atoms. The van der Waals surface area contributed by atoms with Crippen LogP contribution in [0.2, 0.25) is 5.02 Å². The molecule has 0 aliphatic carbocycles. The Kier molecular flexibility index (Phi) is 8.63. The standard InChI is InChI=1S/C25H28ClN3O4/c1-3-4-15-33-23-22(25(32)29(2)13-14-30)27-21(28-24(23)31)16-17-9-5-6-10-18(17)19-11-7-8-12-20(19)26/h5-12,30H,3-4,13-16H2,1-2H3,(H,27,28,31). The third-order valence-corrected chi connectivity index (χ3v) is 5.48. The summed E-state index contributed by atoms with van der Waals surface area (Å²) in [7, 11) is 1.56. The van der Waals surface area contributed by atoms with E-state index in [2.05, 4.69) is 9.97 Å². The van der Waals surface area contributed by atoms with Crippen LogP contribution in [-0.4, -0.2) is 57.8 Å². The van der Waals surface area contributed by atoms with Crippen LogP contribution in [0.25, 0.3) is 11.1 Å². The Balaban J connectivity index is 2.01. The fourth-order valence-electron chi connectivity index (χ4n) is 3.38. The number of aromatic hydroxyl groups is 1. The average Bonchev–Trinajstić information content (AvgIpc) is 2.81. The number of aliphatic hydroxyl groups excluding tert-OH is 1. The number of aromatic nitrogens is 2. The molecule has 1 heterocycles. The highest BCUT2D eigenvalue weighted by atomic mass is 35.5. The first-order valence-corrected chi connectivity index (χ1v) is 11.3. The van der Waals surface area contributed by atoms with E-state index in [1.807, 2.05) is 55.5 Å².